The van der Waals surface area contributed by atoms with Crippen molar-refractivity contribution in [3.05, 3.63) is 0 Å². The van der Waals surface area contributed by atoms with Crippen LogP contribution in [0.2, 0.25) is 0 Å². The van der Waals surface area contributed by atoms with Gasteiger partial charge in [-0.1, -0.05) is 84.0 Å². The zero-order valence-electron chi connectivity index (χ0n) is 16.9. The van der Waals surface area contributed by atoms with Crippen molar-refractivity contribution < 1.29 is 14.7 Å². The normalized spacial score (nSPS) is 10.4. The van der Waals surface area contributed by atoms with Crippen molar-refractivity contribution in [2.45, 2.75) is 96.8 Å². The molecule has 3 N–H and O–H groups in total. The average Bonchev–Trinajstić information content (AvgIpc) is 2.51. The SMILES string of the molecule is CCCCCCCCCCCCCCCC(=O)O.CN(C)CC(N)=O. The van der Waals surface area contributed by atoms with E-state index in [0.717, 1.165) is 12.8 Å². The fraction of sp³-hybridized carbons (Fsp3) is 0.900. The first-order chi connectivity index (χ1) is 11.9. The molecule has 0 aromatic rings. The average molecular weight is 359 g/mol. The van der Waals surface area contributed by atoms with Crippen LogP contribution in [0.25, 0.3) is 0 Å². The van der Waals surface area contributed by atoms with E-state index < -0.39 is 5.97 Å². The number of hydrogen-bond donors (Lipinski definition) is 2. The lowest BCUT2D eigenvalue weighted by Gasteiger charge is -2.02. The van der Waals surface area contributed by atoms with E-state index in [0.29, 0.717) is 13.0 Å². The van der Waals surface area contributed by atoms with Gasteiger partial charge in [-0.3, -0.25) is 9.59 Å². The number of unbranched alkanes of at least 4 members (excludes halogenated alkanes) is 12. The molecular formula is C20H42N2O3. The topological polar surface area (TPSA) is 83.6 Å². The Bertz CT molecular complexity index is 307. The monoisotopic (exact) mass is 358 g/mol. The predicted molar refractivity (Wildman–Crippen MR) is 106 cm³/mol. The number of nitrogens with zero attached hydrogens (tertiary/aromatic N) is 1. The molecule has 0 heterocycles. The first-order valence-electron chi connectivity index (χ1n) is 10.0. The second-order valence-corrected chi connectivity index (χ2v) is 7.09. The maximum Gasteiger partial charge on any atom is 0.303 e. The quantitative estimate of drug-likeness (QED) is 0.395. The summed E-state index contributed by atoms with van der Waals surface area (Å²) in [5.74, 6) is -0.942. The molecule has 0 aromatic carbocycles. The highest BCUT2D eigenvalue weighted by Crippen LogP contribution is 2.12. The van der Waals surface area contributed by atoms with Crippen LogP contribution in [0.3, 0.4) is 0 Å². The Balaban J connectivity index is 0. The van der Waals surface area contributed by atoms with Gasteiger partial charge in [0.15, 0.2) is 0 Å². The molecule has 0 atom stereocenters. The van der Waals surface area contributed by atoms with Crippen LogP contribution in [0.5, 0.6) is 0 Å². The van der Waals surface area contributed by atoms with Crippen LogP contribution in [0, 0.1) is 0 Å². The molecule has 0 rings (SSSR count). The van der Waals surface area contributed by atoms with Crippen molar-refractivity contribution >= 4 is 11.9 Å². The van der Waals surface area contributed by atoms with E-state index in [-0.39, 0.29) is 5.91 Å². The van der Waals surface area contributed by atoms with Gasteiger partial charge in [-0.15, -0.1) is 0 Å². The highest BCUT2D eigenvalue weighted by atomic mass is 16.4. The smallest absolute Gasteiger partial charge is 0.303 e. The zero-order valence-corrected chi connectivity index (χ0v) is 16.9. The van der Waals surface area contributed by atoms with E-state index in [2.05, 4.69) is 6.92 Å². The first kappa shape index (κ1) is 26.1. The fourth-order valence-corrected chi connectivity index (χ4v) is 2.61. The molecule has 0 saturated carbocycles. The third kappa shape index (κ3) is 31.2. The molecule has 5 heteroatoms. The second-order valence-electron chi connectivity index (χ2n) is 7.09. The Kier molecular flexibility index (Phi) is 21.9. The van der Waals surface area contributed by atoms with Gasteiger partial charge in [-0.2, -0.15) is 0 Å². The third-order valence-electron chi connectivity index (χ3n) is 3.97. The molecule has 0 fully saturated rings. The Morgan fingerprint density at radius 1 is 0.760 bits per heavy atom. The van der Waals surface area contributed by atoms with E-state index in [9.17, 15) is 9.59 Å². The number of primary amides is 1. The maximum absolute atomic E-state index is 10.3. The Morgan fingerprint density at radius 3 is 1.36 bits per heavy atom. The highest BCUT2D eigenvalue weighted by molar-refractivity contribution is 5.75. The molecular weight excluding hydrogens is 316 g/mol. The Labute approximate surface area is 155 Å². The molecule has 150 valence electrons. The van der Waals surface area contributed by atoms with E-state index in [1.165, 1.54) is 70.6 Å². The number of carboxylic acids is 1. The summed E-state index contributed by atoms with van der Waals surface area (Å²) in [6.07, 6.45) is 17.3. The van der Waals surface area contributed by atoms with E-state index >= 15 is 0 Å². The number of rotatable bonds is 16. The van der Waals surface area contributed by atoms with Crippen molar-refractivity contribution in [2.75, 3.05) is 20.6 Å². The molecule has 0 saturated heterocycles. The molecule has 0 aliphatic rings. The molecule has 25 heavy (non-hydrogen) atoms. The molecule has 0 aromatic heterocycles. The minimum atomic E-state index is -0.655. The molecule has 1 amide bonds. The number of aliphatic carboxylic acids is 1. The van der Waals surface area contributed by atoms with Crippen molar-refractivity contribution in [1.29, 1.82) is 0 Å². The number of amides is 1. The summed E-state index contributed by atoms with van der Waals surface area (Å²) in [5, 5.41) is 8.49. The summed E-state index contributed by atoms with van der Waals surface area (Å²) >= 11 is 0. The summed E-state index contributed by atoms with van der Waals surface area (Å²) in [6.45, 7) is 2.59. The summed E-state index contributed by atoms with van der Waals surface area (Å²) in [4.78, 5) is 22.0. The van der Waals surface area contributed by atoms with Crippen molar-refractivity contribution in [2.24, 2.45) is 5.73 Å². The number of hydrogen-bond acceptors (Lipinski definition) is 3. The number of carbonyl (C=O) groups is 2. The zero-order chi connectivity index (χ0) is 19.3. The lowest BCUT2D eigenvalue weighted by molar-refractivity contribution is -0.137. The van der Waals surface area contributed by atoms with Crippen LogP contribution in [0.1, 0.15) is 96.8 Å². The standard InChI is InChI=1S/C16H32O2.C4H10N2O/c1-2-3-4-5-6-7-8-9-10-11-12-13-14-15-16(17)18;1-6(2)3-4(5)7/h2-15H2,1H3,(H,17,18);3H2,1-2H3,(H2,5,7). The predicted octanol–water partition coefficient (Wildman–Crippen LogP) is 4.59. The summed E-state index contributed by atoms with van der Waals surface area (Å²) in [7, 11) is 3.59. The molecule has 0 radical (unpaired) electrons. The van der Waals surface area contributed by atoms with Gasteiger partial charge in [-0.25, -0.2) is 0 Å². The largest absolute Gasteiger partial charge is 0.481 e. The first-order valence-corrected chi connectivity index (χ1v) is 10.0. The fourth-order valence-electron chi connectivity index (χ4n) is 2.61. The maximum atomic E-state index is 10.3. The second kappa shape index (κ2) is 20.9. The summed E-state index contributed by atoms with van der Waals surface area (Å²) in [6, 6.07) is 0. The van der Waals surface area contributed by atoms with Gasteiger partial charge in [0.2, 0.25) is 5.91 Å². The van der Waals surface area contributed by atoms with Crippen LogP contribution < -0.4 is 5.73 Å². The lowest BCUT2D eigenvalue weighted by Crippen LogP contribution is -2.27. The van der Waals surface area contributed by atoms with Crippen LogP contribution in [-0.2, 0) is 9.59 Å². The molecule has 0 bridgehead atoms. The molecule has 0 spiro atoms. The van der Waals surface area contributed by atoms with Crippen molar-refractivity contribution in [1.82, 2.24) is 4.90 Å². The van der Waals surface area contributed by atoms with Crippen molar-refractivity contribution in [3.8, 4) is 0 Å². The van der Waals surface area contributed by atoms with Gasteiger partial charge in [-0.05, 0) is 20.5 Å². The van der Waals surface area contributed by atoms with Gasteiger partial charge in [0.05, 0.1) is 6.54 Å². The summed E-state index contributed by atoms with van der Waals surface area (Å²) < 4.78 is 0. The minimum Gasteiger partial charge on any atom is -0.481 e. The van der Waals surface area contributed by atoms with Crippen LogP contribution in [0.4, 0.5) is 0 Å². The van der Waals surface area contributed by atoms with Gasteiger partial charge in [0.25, 0.3) is 0 Å². The van der Waals surface area contributed by atoms with Crippen LogP contribution in [0.15, 0.2) is 0 Å². The van der Waals surface area contributed by atoms with Crippen LogP contribution in [-0.4, -0.2) is 42.5 Å². The Hall–Kier alpha value is -1.10. The minimum absolute atomic E-state index is 0.287. The molecule has 0 aliphatic carbocycles. The van der Waals surface area contributed by atoms with Gasteiger partial charge in [0, 0.05) is 6.42 Å². The van der Waals surface area contributed by atoms with E-state index in [1.54, 1.807) is 19.0 Å². The van der Waals surface area contributed by atoms with E-state index in [1.807, 2.05) is 0 Å². The van der Waals surface area contributed by atoms with E-state index in [4.69, 9.17) is 10.8 Å². The van der Waals surface area contributed by atoms with Gasteiger partial charge >= 0.3 is 5.97 Å². The Morgan fingerprint density at radius 2 is 1.12 bits per heavy atom. The number of nitrogens with two attached hydrogens (primary N) is 1. The third-order valence-corrected chi connectivity index (χ3v) is 3.97. The molecule has 5 nitrogen and oxygen atoms in total. The number of likely N-dealkylation sites (N-methyl/N-ethyl adjacent to an activating group) is 1. The van der Waals surface area contributed by atoms with Crippen molar-refractivity contribution in [3.63, 3.8) is 0 Å². The van der Waals surface area contributed by atoms with Gasteiger partial charge < -0.3 is 15.7 Å². The summed E-state index contributed by atoms with van der Waals surface area (Å²) in [5.41, 5.74) is 4.81. The highest BCUT2D eigenvalue weighted by Gasteiger charge is 1.97. The lowest BCUT2D eigenvalue weighted by atomic mass is 10.0. The van der Waals surface area contributed by atoms with Gasteiger partial charge in [0.1, 0.15) is 0 Å². The van der Waals surface area contributed by atoms with Crippen LogP contribution >= 0.6 is 0 Å². The molecule has 0 aliphatic heterocycles. The molecule has 0 unspecified atom stereocenters. The number of carboxylic acid groups (broad SMARTS) is 1. The number of carbonyl (C=O) groups excluding carboxylic acids is 1.